The Labute approximate surface area is 115 Å². The van der Waals surface area contributed by atoms with Crippen LogP contribution in [0, 0.1) is 0 Å². The fourth-order valence-corrected chi connectivity index (χ4v) is 2.75. The number of ether oxygens (including phenoxy) is 1. The number of piperazine rings is 1. The highest BCUT2D eigenvalue weighted by molar-refractivity contribution is 5.99. The van der Waals surface area contributed by atoms with E-state index in [1.165, 1.54) is 0 Å². The number of hydrogen-bond donors (Lipinski definition) is 1. The molecule has 0 radical (unpaired) electrons. The SMILES string of the molecule is CCC1(CC)C(=O)NC(C)C(=O)N1CCCCOC. The van der Waals surface area contributed by atoms with Gasteiger partial charge in [0.2, 0.25) is 11.8 Å². The first-order chi connectivity index (χ1) is 9.03. The lowest BCUT2D eigenvalue weighted by Gasteiger charge is -2.47. The molecule has 0 aromatic carbocycles. The van der Waals surface area contributed by atoms with Gasteiger partial charge in [0.05, 0.1) is 0 Å². The highest BCUT2D eigenvalue weighted by atomic mass is 16.5. The Bertz CT molecular complexity index is 327. The van der Waals surface area contributed by atoms with Gasteiger partial charge in [-0.1, -0.05) is 13.8 Å². The maximum atomic E-state index is 12.3. The van der Waals surface area contributed by atoms with Gasteiger partial charge in [-0.2, -0.15) is 0 Å². The lowest BCUT2D eigenvalue weighted by atomic mass is 9.86. The van der Waals surface area contributed by atoms with Crippen LogP contribution in [0.15, 0.2) is 0 Å². The first-order valence-electron chi connectivity index (χ1n) is 7.14. The summed E-state index contributed by atoms with van der Waals surface area (Å²) in [5.74, 6) is 0.0112. The van der Waals surface area contributed by atoms with Crippen LogP contribution in [0.4, 0.5) is 0 Å². The van der Waals surface area contributed by atoms with E-state index in [1.807, 2.05) is 13.8 Å². The molecule has 1 aliphatic heterocycles. The third-order valence-electron chi connectivity index (χ3n) is 4.07. The molecule has 5 heteroatoms. The predicted molar refractivity (Wildman–Crippen MR) is 73.7 cm³/mol. The fraction of sp³-hybridized carbons (Fsp3) is 0.857. The zero-order valence-electron chi connectivity index (χ0n) is 12.5. The molecule has 19 heavy (non-hydrogen) atoms. The number of carbonyl (C=O) groups excluding carboxylic acids is 2. The number of nitrogens with zero attached hydrogens (tertiary/aromatic N) is 1. The number of amides is 2. The molecular formula is C14H26N2O3. The van der Waals surface area contributed by atoms with Crippen LogP contribution in [0.1, 0.15) is 46.5 Å². The second kappa shape index (κ2) is 6.89. The van der Waals surface area contributed by atoms with E-state index in [0.29, 0.717) is 26.0 Å². The van der Waals surface area contributed by atoms with Crippen LogP contribution in [0.3, 0.4) is 0 Å². The summed E-state index contributed by atoms with van der Waals surface area (Å²) in [6, 6.07) is -0.416. The van der Waals surface area contributed by atoms with E-state index in [4.69, 9.17) is 4.74 Å². The summed E-state index contributed by atoms with van der Waals surface area (Å²) in [4.78, 5) is 26.4. The molecule has 1 rings (SSSR count). The zero-order chi connectivity index (χ0) is 14.5. The molecule has 1 unspecified atom stereocenters. The number of nitrogens with one attached hydrogen (secondary N) is 1. The average Bonchev–Trinajstić information content (AvgIpc) is 2.40. The quantitative estimate of drug-likeness (QED) is 0.710. The van der Waals surface area contributed by atoms with Gasteiger partial charge in [-0.05, 0) is 32.6 Å². The normalized spacial score (nSPS) is 22.5. The second-order valence-electron chi connectivity index (χ2n) is 5.12. The maximum Gasteiger partial charge on any atom is 0.246 e. The zero-order valence-corrected chi connectivity index (χ0v) is 12.5. The molecule has 1 aliphatic rings. The van der Waals surface area contributed by atoms with Gasteiger partial charge in [-0.15, -0.1) is 0 Å². The van der Waals surface area contributed by atoms with Crippen molar-refractivity contribution in [1.82, 2.24) is 10.2 Å². The predicted octanol–water partition coefficient (Wildman–Crippen LogP) is 1.32. The molecule has 1 N–H and O–H groups in total. The molecule has 1 atom stereocenters. The molecule has 1 heterocycles. The van der Waals surface area contributed by atoms with Gasteiger partial charge in [0.1, 0.15) is 11.6 Å². The van der Waals surface area contributed by atoms with Crippen LogP contribution in [-0.4, -0.2) is 48.6 Å². The molecule has 0 aliphatic carbocycles. The van der Waals surface area contributed by atoms with E-state index in [0.717, 1.165) is 12.8 Å². The lowest BCUT2D eigenvalue weighted by Crippen LogP contribution is -2.69. The molecule has 0 aromatic heterocycles. The van der Waals surface area contributed by atoms with E-state index in [-0.39, 0.29) is 11.8 Å². The standard InChI is InChI=1S/C14H26N2O3/c1-5-14(6-2)13(18)15-11(3)12(17)16(14)9-7-8-10-19-4/h11H,5-10H2,1-4H3,(H,15,18). The topological polar surface area (TPSA) is 58.6 Å². The Morgan fingerprint density at radius 2 is 1.89 bits per heavy atom. The minimum Gasteiger partial charge on any atom is -0.385 e. The van der Waals surface area contributed by atoms with Crippen LogP contribution in [-0.2, 0) is 14.3 Å². The van der Waals surface area contributed by atoms with Crippen molar-refractivity contribution >= 4 is 11.8 Å². The minimum atomic E-state index is -0.670. The van der Waals surface area contributed by atoms with Crippen molar-refractivity contribution in [1.29, 1.82) is 0 Å². The summed E-state index contributed by atoms with van der Waals surface area (Å²) in [6.45, 7) is 7.00. The average molecular weight is 270 g/mol. The maximum absolute atomic E-state index is 12.3. The lowest BCUT2D eigenvalue weighted by molar-refractivity contribution is -0.157. The first-order valence-corrected chi connectivity index (χ1v) is 7.14. The fourth-order valence-electron chi connectivity index (χ4n) is 2.75. The van der Waals surface area contributed by atoms with Crippen LogP contribution >= 0.6 is 0 Å². The largest absolute Gasteiger partial charge is 0.385 e. The van der Waals surface area contributed by atoms with Gasteiger partial charge in [-0.25, -0.2) is 0 Å². The third kappa shape index (κ3) is 3.08. The Morgan fingerprint density at radius 1 is 1.26 bits per heavy atom. The highest BCUT2D eigenvalue weighted by Gasteiger charge is 2.48. The molecule has 2 amide bonds. The van der Waals surface area contributed by atoms with Gasteiger partial charge in [-0.3, -0.25) is 9.59 Å². The van der Waals surface area contributed by atoms with E-state index in [2.05, 4.69) is 5.32 Å². The van der Waals surface area contributed by atoms with E-state index in [1.54, 1.807) is 18.9 Å². The Balaban J connectivity index is 2.83. The van der Waals surface area contributed by atoms with Crippen LogP contribution in [0.5, 0.6) is 0 Å². The summed E-state index contributed by atoms with van der Waals surface area (Å²) in [5, 5.41) is 2.80. The van der Waals surface area contributed by atoms with Gasteiger partial charge >= 0.3 is 0 Å². The van der Waals surface area contributed by atoms with Crippen molar-refractivity contribution in [2.45, 2.75) is 58.0 Å². The van der Waals surface area contributed by atoms with Gasteiger partial charge < -0.3 is 15.0 Å². The van der Waals surface area contributed by atoms with Gasteiger partial charge in [0, 0.05) is 20.3 Å². The van der Waals surface area contributed by atoms with E-state index >= 15 is 0 Å². The Kier molecular flexibility index (Phi) is 5.79. The molecule has 5 nitrogen and oxygen atoms in total. The molecule has 0 saturated carbocycles. The Hall–Kier alpha value is -1.10. The number of carbonyl (C=O) groups is 2. The van der Waals surface area contributed by atoms with Crippen molar-refractivity contribution in [3.05, 3.63) is 0 Å². The molecule has 0 bridgehead atoms. The first kappa shape index (κ1) is 16.0. The summed E-state index contributed by atoms with van der Waals surface area (Å²) in [7, 11) is 1.67. The van der Waals surface area contributed by atoms with E-state index < -0.39 is 11.6 Å². The van der Waals surface area contributed by atoms with Crippen molar-refractivity contribution in [2.75, 3.05) is 20.3 Å². The van der Waals surface area contributed by atoms with Crippen molar-refractivity contribution in [3.8, 4) is 0 Å². The Morgan fingerprint density at radius 3 is 2.42 bits per heavy atom. The van der Waals surface area contributed by atoms with Gasteiger partial charge in [0.15, 0.2) is 0 Å². The number of unbranched alkanes of at least 4 members (excludes halogenated alkanes) is 1. The van der Waals surface area contributed by atoms with Gasteiger partial charge in [0.25, 0.3) is 0 Å². The minimum absolute atomic E-state index is 0.0173. The van der Waals surface area contributed by atoms with Crippen molar-refractivity contribution < 1.29 is 14.3 Å². The number of hydrogen-bond acceptors (Lipinski definition) is 3. The van der Waals surface area contributed by atoms with Crippen LogP contribution in [0.2, 0.25) is 0 Å². The monoisotopic (exact) mass is 270 g/mol. The smallest absolute Gasteiger partial charge is 0.246 e. The third-order valence-corrected chi connectivity index (χ3v) is 4.07. The summed E-state index contributed by atoms with van der Waals surface area (Å²) in [5.41, 5.74) is -0.670. The van der Waals surface area contributed by atoms with Crippen molar-refractivity contribution in [3.63, 3.8) is 0 Å². The second-order valence-corrected chi connectivity index (χ2v) is 5.12. The molecular weight excluding hydrogens is 244 g/mol. The number of rotatable bonds is 7. The summed E-state index contributed by atoms with van der Waals surface area (Å²) < 4.78 is 5.02. The van der Waals surface area contributed by atoms with Crippen LogP contribution in [0.25, 0.3) is 0 Å². The highest BCUT2D eigenvalue weighted by Crippen LogP contribution is 2.29. The van der Waals surface area contributed by atoms with Crippen molar-refractivity contribution in [2.24, 2.45) is 0 Å². The molecule has 1 fully saturated rings. The summed E-state index contributed by atoms with van der Waals surface area (Å²) in [6.07, 6.45) is 3.07. The molecule has 1 saturated heterocycles. The molecule has 110 valence electrons. The molecule has 0 spiro atoms. The van der Waals surface area contributed by atoms with E-state index in [9.17, 15) is 9.59 Å². The summed E-state index contributed by atoms with van der Waals surface area (Å²) >= 11 is 0. The molecule has 0 aromatic rings. The number of methoxy groups -OCH3 is 1. The van der Waals surface area contributed by atoms with Crippen LogP contribution < -0.4 is 5.32 Å².